The molecular weight excluding hydrogens is 292 g/mol. The number of hydrogen-bond acceptors (Lipinski definition) is 3. The Balaban J connectivity index is 1.89. The van der Waals surface area contributed by atoms with Crippen LogP contribution in [0.1, 0.15) is 25.1 Å². The Kier molecular flexibility index (Phi) is 5.91. The van der Waals surface area contributed by atoms with Gasteiger partial charge < -0.3 is 10.6 Å². The predicted octanol–water partition coefficient (Wildman–Crippen LogP) is 1.41. The van der Waals surface area contributed by atoms with Crippen LogP contribution >= 0.6 is 0 Å². The van der Waals surface area contributed by atoms with Gasteiger partial charge in [0.2, 0.25) is 11.8 Å². The highest BCUT2D eigenvalue weighted by atomic mass is 16.2. The van der Waals surface area contributed by atoms with Gasteiger partial charge in [-0.05, 0) is 17.5 Å². The van der Waals surface area contributed by atoms with E-state index in [0.29, 0.717) is 6.54 Å². The Hall–Kier alpha value is -2.63. The summed E-state index contributed by atoms with van der Waals surface area (Å²) in [5, 5.41) is 12.2. The number of amides is 2. The Morgan fingerprint density at radius 3 is 2.52 bits per heavy atom. The molecule has 0 aliphatic heterocycles. The maximum atomic E-state index is 12.3. The SMILES string of the molecule is CC(C)[C@H](NC(=O)Cc1ccccc1)C(=O)NCc1ccn[nH]1. The lowest BCUT2D eigenvalue weighted by Gasteiger charge is -2.21. The van der Waals surface area contributed by atoms with E-state index in [-0.39, 0.29) is 24.2 Å². The van der Waals surface area contributed by atoms with Crippen LogP contribution in [0.4, 0.5) is 0 Å². The van der Waals surface area contributed by atoms with Gasteiger partial charge in [-0.3, -0.25) is 14.7 Å². The maximum absolute atomic E-state index is 12.3. The van der Waals surface area contributed by atoms with Gasteiger partial charge in [0.15, 0.2) is 0 Å². The normalized spacial score (nSPS) is 12.0. The zero-order valence-corrected chi connectivity index (χ0v) is 13.4. The second-order valence-electron chi connectivity index (χ2n) is 5.75. The van der Waals surface area contributed by atoms with Crippen LogP contribution < -0.4 is 10.6 Å². The molecule has 1 atom stereocenters. The van der Waals surface area contributed by atoms with Crippen molar-refractivity contribution in [3.05, 3.63) is 53.9 Å². The summed E-state index contributed by atoms with van der Waals surface area (Å²) in [6.07, 6.45) is 1.89. The molecule has 0 saturated carbocycles. The van der Waals surface area contributed by atoms with E-state index in [1.54, 1.807) is 12.3 Å². The summed E-state index contributed by atoms with van der Waals surface area (Å²) in [4.78, 5) is 24.5. The first-order valence-electron chi connectivity index (χ1n) is 7.65. The molecule has 0 fully saturated rings. The number of H-pyrrole nitrogens is 1. The molecule has 0 spiro atoms. The third kappa shape index (κ3) is 5.25. The van der Waals surface area contributed by atoms with Crippen molar-refractivity contribution in [2.75, 3.05) is 0 Å². The van der Waals surface area contributed by atoms with E-state index in [1.165, 1.54) is 0 Å². The first-order chi connectivity index (χ1) is 11.1. The van der Waals surface area contributed by atoms with E-state index >= 15 is 0 Å². The second kappa shape index (κ2) is 8.12. The summed E-state index contributed by atoms with van der Waals surface area (Å²) in [6, 6.07) is 10.7. The lowest BCUT2D eigenvalue weighted by molar-refractivity contribution is -0.129. The lowest BCUT2D eigenvalue weighted by atomic mass is 10.0. The van der Waals surface area contributed by atoms with Crippen LogP contribution in [0, 0.1) is 5.92 Å². The number of hydrogen-bond donors (Lipinski definition) is 3. The molecule has 1 aromatic heterocycles. The van der Waals surface area contributed by atoms with Gasteiger partial charge in [0, 0.05) is 6.20 Å². The Morgan fingerprint density at radius 2 is 1.91 bits per heavy atom. The highest BCUT2D eigenvalue weighted by Gasteiger charge is 2.23. The molecule has 122 valence electrons. The molecule has 0 unspecified atom stereocenters. The Labute approximate surface area is 135 Å². The third-order valence-corrected chi connectivity index (χ3v) is 3.48. The zero-order chi connectivity index (χ0) is 16.7. The quantitative estimate of drug-likeness (QED) is 0.722. The molecule has 2 aromatic rings. The number of carbonyl (C=O) groups is 2. The molecule has 23 heavy (non-hydrogen) atoms. The lowest BCUT2D eigenvalue weighted by Crippen LogP contribution is -2.49. The van der Waals surface area contributed by atoms with Gasteiger partial charge in [0.1, 0.15) is 6.04 Å². The molecule has 0 aliphatic carbocycles. The predicted molar refractivity (Wildman–Crippen MR) is 87.3 cm³/mol. The van der Waals surface area contributed by atoms with Crippen LogP contribution in [-0.4, -0.2) is 28.1 Å². The molecule has 1 aromatic carbocycles. The number of carbonyl (C=O) groups excluding carboxylic acids is 2. The maximum Gasteiger partial charge on any atom is 0.243 e. The average Bonchev–Trinajstić information content (AvgIpc) is 3.04. The first kappa shape index (κ1) is 16.7. The summed E-state index contributed by atoms with van der Waals surface area (Å²) >= 11 is 0. The smallest absolute Gasteiger partial charge is 0.243 e. The van der Waals surface area contributed by atoms with E-state index in [4.69, 9.17) is 0 Å². The minimum Gasteiger partial charge on any atom is -0.349 e. The van der Waals surface area contributed by atoms with Crippen molar-refractivity contribution in [1.82, 2.24) is 20.8 Å². The first-order valence-corrected chi connectivity index (χ1v) is 7.65. The Bertz CT molecular complexity index is 623. The molecule has 0 radical (unpaired) electrons. The molecular formula is C17H22N4O2. The molecule has 2 rings (SSSR count). The van der Waals surface area contributed by atoms with Crippen molar-refractivity contribution in [3.63, 3.8) is 0 Å². The minimum absolute atomic E-state index is 0.00325. The molecule has 0 saturated heterocycles. The van der Waals surface area contributed by atoms with Crippen LogP contribution in [0.3, 0.4) is 0 Å². The number of aromatic nitrogens is 2. The second-order valence-corrected chi connectivity index (χ2v) is 5.75. The standard InChI is InChI=1S/C17H22N4O2/c1-12(2)16(17(23)18-11-14-8-9-19-21-14)20-15(22)10-13-6-4-3-5-7-13/h3-9,12,16H,10-11H2,1-2H3,(H,18,23)(H,19,21)(H,20,22)/t16-/m0/s1. The van der Waals surface area contributed by atoms with Gasteiger partial charge >= 0.3 is 0 Å². The van der Waals surface area contributed by atoms with E-state index in [2.05, 4.69) is 20.8 Å². The molecule has 2 amide bonds. The number of benzene rings is 1. The van der Waals surface area contributed by atoms with Crippen molar-refractivity contribution in [2.45, 2.75) is 32.9 Å². The van der Waals surface area contributed by atoms with E-state index in [0.717, 1.165) is 11.3 Å². The van der Waals surface area contributed by atoms with Gasteiger partial charge in [-0.2, -0.15) is 5.10 Å². The summed E-state index contributed by atoms with van der Waals surface area (Å²) in [5.74, 6) is -0.362. The van der Waals surface area contributed by atoms with Gasteiger partial charge in [-0.1, -0.05) is 44.2 Å². The van der Waals surface area contributed by atoms with Gasteiger partial charge in [-0.15, -0.1) is 0 Å². The molecule has 0 bridgehead atoms. The topological polar surface area (TPSA) is 86.9 Å². The van der Waals surface area contributed by atoms with Gasteiger partial charge in [-0.25, -0.2) is 0 Å². The fraction of sp³-hybridized carbons (Fsp3) is 0.353. The van der Waals surface area contributed by atoms with Crippen molar-refractivity contribution < 1.29 is 9.59 Å². The highest BCUT2D eigenvalue weighted by molar-refractivity contribution is 5.88. The number of aromatic amines is 1. The molecule has 0 aliphatic rings. The van der Waals surface area contributed by atoms with Gasteiger partial charge in [0.05, 0.1) is 18.7 Å². The van der Waals surface area contributed by atoms with Crippen molar-refractivity contribution in [3.8, 4) is 0 Å². The van der Waals surface area contributed by atoms with Crippen LogP contribution in [0.5, 0.6) is 0 Å². The average molecular weight is 314 g/mol. The monoisotopic (exact) mass is 314 g/mol. The van der Waals surface area contributed by atoms with Crippen LogP contribution in [0.15, 0.2) is 42.6 Å². The molecule has 1 heterocycles. The Morgan fingerprint density at radius 1 is 1.17 bits per heavy atom. The minimum atomic E-state index is -0.561. The third-order valence-electron chi connectivity index (χ3n) is 3.48. The van der Waals surface area contributed by atoms with E-state index in [1.807, 2.05) is 44.2 Å². The fourth-order valence-electron chi connectivity index (χ4n) is 2.22. The fourth-order valence-corrected chi connectivity index (χ4v) is 2.22. The molecule has 3 N–H and O–H groups in total. The largest absolute Gasteiger partial charge is 0.349 e. The van der Waals surface area contributed by atoms with E-state index in [9.17, 15) is 9.59 Å². The number of nitrogens with one attached hydrogen (secondary N) is 3. The number of nitrogens with zero attached hydrogens (tertiary/aromatic N) is 1. The number of rotatable bonds is 7. The van der Waals surface area contributed by atoms with Crippen molar-refractivity contribution in [1.29, 1.82) is 0 Å². The van der Waals surface area contributed by atoms with Crippen molar-refractivity contribution in [2.24, 2.45) is 5.92 Å². The van der Waals surface area contributed by atoms with Crippen molar-refractivity contribution >= 4 is 11.8 Å². The summed E-state index contributed by atoms with van der Waals surface area (Å²) < 4.78 is 0. The van der Waals surface area contributed by atoms with Gasteiger partial charge in [0.25, 0.3) is 0 Å². The summed E-state index contributed by atoms with van der Waals surface area (Å²) in [7, 11) is 0. The highest BCUT2D eigenvalue weighted by Crippen LogP contribution is 2.05. The molecule has 6 nitrogen and oxygen atoms in total. The van der Waals surface area contributed by atoms with Crippen LogP contribution in [0.2, 0.25) is 0 Å². The van der Waals surface area contributed by atoms with Crippen LogP contribution in [0.25, 0.3) is 0 Å². The van der Waals surface area contributed by atoms with E-state index < -0.39 is 6.04 Å². The van der Waals surface area contributed by atoms with Crippen LogP contribution in [-0.2, 0) is 22.6 Å². The summed E-state index contributed by atoms with van der Waals surface area (Å²) in [6.45, 7) is 4.17. The molecule has 6 heteroatoms. The zero-order valence-electron chi connectivity index (χ0n) is 13.4. The summed E-state index contributed by atoms with van der Waals surface area (Å²) in [5.41, 5.74) is 1.74.